The second-order valence-corrected chi connectivity index (χ2v) is 13.3. The van der Waals surface area contributed by atoms with Gasteiger partial charge in [-0.15, -0.1) is 0 Å². The number of para-hydroxylation sites is 3. The van der Waals surface area contributed by atoms with Crippen molar-refractivity contribution in [2.45, 2.75) is 6.04 Å². The fraction of sp³-hybridized carbons (Fsp3) is 0.0652. The van der Waals surface area contributed by atoms with Crippen molar-refractivity contribution in [3.8, 4) is 16.8 Å². The normalized spacial score (nSPS) is 16.1. The van der Waals surface area contributed by atoms with Gasteiger partial charge in [-0.05, 0) is 84.0 Å². The van der Waals surface area contributed by atoms with Gasteiger partial charge in [-0.25, -0.2) is 0 Å². The van der Waals surface area contributed by atoms with E-state index >= 15 is 0 Å². The molecule has 1 atom stereocenters. The third-order valence-corrected chi connectivity index (χ3v) is 10.4. The number of benzene rings is 5. The van der Waals surface area contributed by atoms with Crippen LogP contribution >= 0.6 is 0 Å². The van der Waals surface area contributed by atoms with Crippen LogP contribution in [-0.4, -0.2) is 38.7 Å². The number of hydrogen-bond donors (Lipinski definition) is 1. The third-order valence-electron chi connectivity index (χ3n) is 10.4. The van der Waals surface area contributed by atoms with E-state index < -0.39 is 0 Å². The first-order chi connectivity index (χ1) is 25.2. The lowest BCUT2D eigenvalue weighted by atomic mass is 10.0. The minimum Gasteiger partial charge on any atom is -0.383 e. The number of nitrogens with one attached hydrogen (secondary N) is 1. The van der Waals surface area contributed by atoms with Crippen molar-refractivity contribution < 1.29 is 0 Å². The highest BCUT2D eigenvalue weighted by atomic mass is 15.2. The molecule has 5 aromatic carbocycles. The van der Waals surface area contributed by atoms with Crippen LogP contribution in [0.4, 0.5) is 0 Å². The van der Waals surface area contributed by atoms with Gasteiger partial charge in [0.1, 0.15) is 0 Å². The number of hydrogen-bond acceptors (Lipinski definition) is 3. The number of likely N-dealkylation sites (N-methyl/N-ethyl adjacent to an activating group) is 1. The van der Waals surface area contributed by atoms with Crippen molar-refractivity contribution in [1.82, 2.24) is 24.3 Å². The molecule has 1 N–H and O–H groups in total. The maximum absolute atomic E-state index is 4.78. The van der Waals surface area contributed by atoms with Gasteiger partial charge in [0.15, 0.2) is 0 Å². The van der Waals surface area contributed by atoms with Crippen molar-refractivity contribution >= 4 is 55.0 Å². The molecule has 5 heteroatoms. The van der Waals surface area contributed by atoms with Gasteiger partial charge in [-0.2, -0.15) is 0 Å². The molecule has 0 aliphatic carbocycles. The Balaban J connectivity index is 1.16. The van der Waals surface area contributed by atoms with Gasteiger partial charge in [0, 0.05) is 58.4 Å². The van der Waals surface area contributed by atoms with E-state index in [9.17, 15) is 0 Å². The SMILES string of the molecule is CN1C(c2ccccn2)=CC(n2c3ccccc3c3cc(-c4ccc5c6ccccc6n(-c6ccccc6)c5c4)ccc32)=CC1C1=CC=CCN1. The van der Waals surface area contributed by atoms with E-state index in [2.05, 4.69) is 184 Å². The van der Waals surface area contributed by atoms with Gasteiger partial charge >= 0.3 is 0 Å². The lowest BCUT2D eigenvalue weighted by Crippen LogP contribution is -2.38. The second kappa shape index (κ2) is 11.8. The predicted molar refractivity (Wildman–Crippen MR) is 212 cm³/mol. The molecule has 0 bridgehead atoms. The summed E-state index contributed by atoms with van der Waals surface area (Å²) in [5.41, 5.74) is 12.7. The summed E-state index contributed by atoms with van der Waals surface area (Å²) < 4.78 is 4.81. The highest BCUT2D eigenvalue weighted by Gasteiger charge is 2.27. The molecule has 0 amide bonds. The van der Waals surface area contributed by atoms with Crippen LogP contribution in [0.5, 0.6) is 0 Å². The fourth-order valence-corrected chi connectivity index (χ4v) is 8.03. The maximum atomic E-state index is 4.78. The smallest absolute Gasteiger partial charge is 0.0892 e. The molecule has 10 rings (SSSR count). The van der Waals surface area contributed by atoms with Crippen LogP contribution in [0.25, 0.3) is 71.8 Å². The Labute approximate surface area is 296 Å². The molecule has 51 heavy (non-hydrogen) atoms. The first-order valence-corrected chi connectivity index (χ1v) is 17.5. The number of aromatic nitrogens is 3. The van der Waals surface area contributed by atoms with Crippen molar-refractivity contribution in [2.24, 2.45) is 0 Å². The standard InChI is InChI=1S/C46H35N5/c1-49-45(39-17-9-11-25-47-39)29-34(30-46(49)40-18-10-12-26-48-40)51-42-20-8-6-16-36(42)38-27-31(22-24-43(38)51)32-21-23-37-35-15-5-7-19-41(35)50(44(37)28-32)33-13-3-2-4-14-33/h2-25,27-30,46,48H,26H2,1H3. The van der Waals surface area contributed by atoms with Crippen molar-refractivity contribution in [3.63, 3.8) is 0 Å². The van der Waals surface area contributed by atoms with Crippen molar-refractivity contribution in [2.75, 3.05) is 13.6 Å². The molecule has 0 saturated heterocycles. The Bertz CT molecular complexity index is 2760. The van der Waals surface area contributed by atoms with Crippen LogP contribution in [0, 0.1) is 0 Å². The number of fused-ring (bicyclic) bond motifs is 6. The van der Waals surface area contributed by atoms with E-state index in [1.165, 1.54) is 60.4 Å². The Morgan fingerprint density at radius 1 is 0.627 bits per heavy atom. The lowest BCUT2D eigenvalue weighted by Gasteiger charge is -2.36. The summed E-state index contributed by atoms with van der Waals surface area (Å²) in [6.07, 6.45) is 13.0. The van der Waals surface area contributed by atoms with Crippen LogP contribution in [-0.2, 0) is 0 Å². The van der Waals surface area contributed by atoms with Gasteiger partial charge in [-0.3, -0.25) is 4.98 Å². The zero-order chi connectivity index (χ0) is 33.9. The quantitative estimate of drug-likeness (QED) is 0.200. The fourth-order valence-electron chi connectivity index (χ4n) is 8.03. The number of allylic oxidation sites excluding steroid dienone is 4. The largest absolute Gasteiger partial charge is 0.383 e. The van der Waals surface area contributed by atoms with E-state index in [1.807, 2.05) is 12.3 Å². The minimum atomic E-state index is 0.0190. The van der Waals surface area contributed by atoms with Crippen LogP contribution in [0.3, 0.4) is 0 Å². The maximum Gasteiger partial charge on any atom is 0.0892 e. The zero-order valence-electron chi connectivity index (χ0n) is 28.2. The molecule has 5 nitrogen and oxygen atoms in total. The second-order valence-electron chi connectivity index (χ2n) is 13.3. The molecule has 244 valence electrons. The third kappa shape index (κ3) is 4.73. The lowest BCUT2D eigenvalue weighted by molar-refractivity contribution is 0.425. The Morgan fingerprint density at radius 2 is 1.31 bits per heavy atom. The number of nitrogens with zero attached hydrogens (tertiary/aromatic N) is 4. The molecular weight excluding hydrogens is 623 g/mol. The van der Waals surface area contributed by atoms with E-state index in [4.69, 9.17) is 4.98 Å². The Morgan fingerprint density at radius 3 is 2.10 bits per heavy atom. The zero-order valence-corrected chi connectivity index (χ0v) is 28.2. The Kier molecular flexibility index (Phi) is 6.78. The summed E-state index contributed by atoms with van der Waals surface area (Å²) in [5, 5.41) is 8.61. The van der Waals surface area contributed by atoms with Gasteiger partial charge in [0.05, 0.1) is 39.5 Å². The molecule has 5 heterocycles. The van der Waals surface area contributed by atoms with E-state index in [0.29, 0.717) is 0 Å². The van der Waals surface area contributed by atoms with Gasteiger partial charge in [0.25, 0.3) is 0 Å². The summed E-state index contributed by atoms with van der Waals surface area (Å²) in [6, 6.07) is 48.2. The van der Waals surface area contributed by atoms with Gasteiger partial charge in [-0.1, -0.05) is 91.0 Å². The molecule has 3 aromatic heterocycles. The molecular formula is C46H35N5. The summed E-state index contributed by atoms with van der Waals surface area (Å²) in [4.78, 5) is 7.10. The minimum absolute atomic E-state index is 0.0190. The highest BCUT2D eigenvalue weighted by Crippen LogP contribution is 2.40. The monoisotopic (exact) mass is 657 g/mol. The number of pyridine rings is 1. The first-order valence-electron chi connectivity index (χ1n) is 17.5. The predicted octanol–water partition coefficient (Wildman–Crippen LogP) is 10.2. The molecule has 0 radical (unpaired) electrons. The van der Waals surface area contributed by atoms with Gasteiger partial charge < -0.3 is 19.4 Å². The van der Waals surface area contributed by atoms with E-state index in [0.717, 1.165) is 29.3 Å². The summed E-state index contributed by atoms with van der Waals surface area (Å²) in [6.45, 7) is 0.817. The average Bonchev–Trinajstić information content (AvgIpc) is 3.71. The summed E-state index contributed by atoms with van der Waals surface area (Å²) in [5.74, 6) is 0. The van der Waals surface area contributed by atoms with Gasteiger partial charge in [0.2, 0.25) is 0 Å². The van der Waals surface area contributed by atoms with Crippen LogP contribution < -0.4 is 5.32 Å². The van der Waals surface area contributed by atoms with Crippen LogP contribution in [0.15, 0.2) is 176 Å². The topological polar surface area (TPSA) is 38.0 Å². The number of dihydropyridines is 1. The van der Waals surface area contributed by atoms with Crippen LogP contribution in [0.1, 0.15) is 5.69 Å². The van der Waals surface area contributed by atoms with Crippen molar-refractivity contribution in [1.29, 1.82) is 0 Å². The Hall–Kier alpha value is -6.59. The van der Waals surface area contributed by atoms with Crippen molar-refractivity contribution in [3.05, 3.63) is 181 Å². The summed E-state index contributed by atoms with van der Waals surface area (Å²) >= 11 is 0. The molecule has 0 spiro atoms. The van der Waals surface area contributed by atoms with E-state index in [1.54, 1.807) is 0 Å². The number of rotatable bonds is 5. The van der Waals surface area contributed by atoms with Crippen LogP contribution in [0.2, 0.25) is 0 Å². The molecule has 1 unspecified atom stereocenters. The molecule has 0 saturated carbocycles. The molecule has 2 aliphatic rings. The molecule has 0 fully saturated rings. The first kappa shape index (κ1) is 29.3. The molecule has 2 aliphatic heterocycles. The summed E-state index contributed by atoms with van der Waals surface area (Å²) in [7, 11) is 2.16. The van der Waals surface area contributed by atoms with E-state index in [-0.39, 0.29) is 6.04 Å². The molecule has 8 aromatic rings. The average molecular weight is 658 g/mol. The highest BCUT2D eigenvalue weighted by molar-refractivity contribution is 6.13.